The van der Waals surface area contributed by atoms with E-state index in [9.17, 15) is 13.5 Å². The third-order valence-corrected chi connectivity index (χ3v) is 6.13. The number of benzene rings is 1. The van der Waals surface area contributed by atoms with Crippen LogP contribution in [0.25, 0.3) is 0 Å². The van der Waals surface area contributed by atoms with E-state index in [1.165, 1.54) is 16.4 Å². The number of hydrogen-bond donors (Lipinski definition) is 2. The highest BCUT2D eigenvalue weighted by Gasteiger charge is 2.33. The quantitative estimate of drug-likeness (QED) is 0.812. The van der Waals surface area contributed by atoms with Crippen molar-refractivity contribution in [3.05, 3.63) is 22.7 Å². The fraction of sp³-hybridized carbons (Fsp3) is 0.538. The van der Waals surface area contributed by atoms with Crippen LogP contribution in [0.3, 0.4) is 0 Å². The lowest BCUT2D eigenvalue weighted by Crippen LogP contribution is -2.45. The van der Waals surface area contributed by atoms with Crippen LogP contribution in [0, 0.1) is 12.8 Å². The Morgan fingerprint density at radius 1 is 1.45 bits per heavy atom. The van der Waals surface area contributed by atoms with Crippen molar-refractivity contribution >= 4 is 27.3 Å². The number of nitrogens with two attached hydrogens (primary N) is 1. The highest BCUT2D eigenvalue weighted by molar-refractivity contribution is 7.89. The normalized spacial score (nSPS) is 24.8. The molecule has 7 heteroatoms. The number of sulfonamides is 1. The van der Waals surface area contributed by atoms with Crippen LogP contribution in [-0.2, 0) is 10.0 Å². The van der Waals surface area contributed by atoms with Gasteiger partial charge in [0.25, 0.3) is 0 Å². The van der Waals surface area contributed by atoms with Gasteiger partial charge in [-0.25, -0.2) is 8.42 Å². The molecule has 2 unspecified atom stereocenters. The minimum Gasteiger partial charge on any atom is -0.397 e. The van der Waals surface area contributed by atoms with Gasteiger partial charge in [0.05, 0.1) is 21.7 Å². The van der Waals surface area contributed by atoms with Crippen molar-refractivity contribution in [2.75, 3.05) is 18.8 Å². The molecule has 0 saturated carbocycles. The molecule has 3 N–H and O–H groups in total. The summed E-state index contributed by atoms with van der Waals surface area (Å²) in [7, 11) is -3.65. The highest BCUT2D eigenvalue weighted by Crippen LogP contribution is 2.30. The van der Waals surface area contributed by atoms with Crippen LogP contribution in [0.5, 0.6) is 0 Å². The molecule has 1 heterocycles. The smallest absolute Gasteiger partial charge is 0.243 e. The zero-order chi connectivity index (χ0) is 15.1. The summed E-state index contributed by atoms with van der Waals surface area (Å²) < 4.78 is 26.4. The number of nitrogen functional groups attached to an aromatic ring is 1. The average molecular weight is 319 g/mol. The minimum absolute atomic E-state index is 0.110. The number of hydrogen-bond acceptors (Lipinski definition) is 4. The number of halogens is 1. The lowest BCUT2D eigenvalue weighted by Gasteiger charge is -2.33. The van der Waals surface area contributed by atoms with Crippen molar-refractivity contribution in [1.82, 2.24) is 4.31 Å². The molecule has 1 fully saturated rings. The van der Waals surface area contributed by atoms with Crippen molar-refractivity contribution in [3.8, 4) is 0 Å². The van der Waals surface area contributed by atoms with Gasteiger partial charge in [-0.2, -0.15) is 4.31 Å². The Balaban J connectivity index is 2.36. The van der Waals surface area contributed by atoms with Crippen LogP contribution in [0.1, 0.15) is 18.9 Å². The Kier molecular flexibility index (Phi) is 4.30. The largest absolute Gasteiger partial charge is 0.397 e. The molecule has 0 radical (unpaired) electrons. The molecule has 1 aromatic rings. The Morgan fingerprint density at radius 3 is 2.65 bits per heavy atom. The molecule has 1 aliphatic rings. The predicted octanol–water partition coefficient (Wildman–Crippen LogP) is 1.62. The summed E-state index contributed by atoms with van der Waals surface area (Å²) in [6, 6.07) is 2.88. The second kappa shape index (κ2) is 5.52. The summed E-state index contributed by atoms with van der Waals surface area (Å²) in [6.45, 7) is 4.15. The molecule has 20 heavy (non-hydrogen) atoms. The summed E-state index contributed by atoms with van der Waals surface area (Å²) in [5, 5.41) is 10.2. The molecule has 0 amide bonds. The summed E-state index contributed by atoms with van der Waals surface area (Å²) in [6.07, 6.45) is 0.00638. The molecule has 2 rings (SSSR count). The Morgan fingerprint density at radius 2 is 2.10 bits per heavy atom. The topological polar surface area (TPSA) is 83.6 Å². The molecule has 112 valence electrons. The van der Waals surface area contributed by atoms with E-state index in [4.69, 9.17) is 17.3 Å². The number of β-amino-alcohol motifs (C(OH)–C–C–N with tert-alkyl or cyclic N) is 1. The first-order valence-corrected chi connectivity index (χ1v) is 8.29. The number of aliphatic hydroxyl groups is 1. The molecule has 5 nitrogen and oxygen atoms in total. The van der Waals surface area contributed by atoms with Gasteiger partial charge < -0.3 is 10.8 Å². The maximum absolute atomic E-state index is 12.6. The van der Waals surface area contributed by atoms with Gasteiger partial charge in [0.15, 0.2) is 0 Å². The van der Waals surface area contributed by atoms with E-state index < -0.39 is 16.1 Å². The van der Waals surface area contributed by atoms with Crippen LogP contribution in [0.2, 0.25) is 5.02 Å². The molecular formula is C13H19ClN2O3S. The van der Waals surface area contributed by atoms with Gasteiger partial charge in [0, 0.05) is 13.1 Å². The molecule has 1 aromatic carbocycles. The van der Waals surface area contributed by atoms with E-state index in [0.29, 0.717) is 23.6 Å². The molecule has 1 saturated heterocycles. The highest BCUT2D eigenvalue weighted by atomic mass is 35.5. The average Bonchev–Trinajstić information content (AvgIpc) is 2.38. The van der Waals surface area contributed by atoms with Crippen LogP contribution in [0.4, 0.5) is 5.69 Å². The van der Waals surface area contributed by atoms with Gasteiger partial charge in [-0.1, -0.05) is 18.5 Å². The number of aryl methyl sites for hydroxylation is 1. The fourth-order valence-corrected chi connectivity index (χ4v) is 4.00. The molecule has 0 spiro atoms. The molecule has 1 aliphatic heterocycles. The van der Waals surface area contributed by atoms with Gasteiger partial charge in [-0.3, -0.25) is 0 Å². The molecule has 2 atom stereocenters. The third-order valence-electron chi connectivity index (χ3n) is 3.78. The second-order valence-corrected chi connectivity index (χ2v) is 7.66. The third kappa shape index (κ3) is 2.79. The van der Waals surface area contributed by atoms with E-state index in [2.05, 4.69) is 0 Å². The van der Waals surface area contributed by atoms with E-state index in [0.717, 1.165) is 0 Å². The SMILES string of the molecule is Cc1cc(S(=O)(=O)N2CCC(C)C(O)C2)cc(N)c1Cl. The van der Waals surface area contributed by atoms with Gasteiger partial charge in [-0.15, -0.1) is 0 Å². The molecule has 0 aliphatic carbocycles. The van der Waals surface area contributed by atoms with Crippen molar-refractivity contribution < 1.29 is 13.5 Å². The van der Waals surface area contributed by atoms with Crippen LogP contribution in [-0.4, -0.2) is 37.0 Å². The lowest BCUT2D eigenvalue weighted by atomic mass is 9.98. The van der Waals surface area contributed by atoms with Crippen molar-refractivity contribution in [1.29, 1.82) is 0 Å². The van der Waals surface area contributed by atoms with E-state index in [-0.39, 0.29) is 23.0 Å². The number of anilines is 1. The lowest BCUT2D eigenvalue weighted by molar-refractivity contribution is 0.0605. The van der Waals surface area contributed by atoms with Crippen molar-refractivity contribution in [3.63, 3.8) is 0 Å². The first kappa shape index (κ1) is 15.6. The van der Waals surface area contributed by atoms with E-state index in [1.807, 2.05) is 6.92 Å². The summed E-state index contributed by atoms with van der Waals surface area (Å²) >= 11 is 5.95. The maximum Gasteiger partial charge on any atom is 0.243 e. The Bertz CT molecular complexity index is 595. The summed E-state index contributed by atoms with van der Waals surface area (Å²) in [4.78, 5) is 0.124. The number of aliphatic hydroxyl groups excluding tert-OH is 1. The number of piperidine rings is 1. The van der Waals surface area contributed by atoms with Gasteiger partial charge in [-0.05, 0) is 37.0 Å². The standard InChI is InChI=1S/C13H19ClN2O3S/c1-8-3-4-16(7-12(8)17)20(18,19)10-5-9(2)13(14)11(15)6-10/h5-6,8,12,17H,3-4,7,15H2,1-2H3. The first-order chi connectivity index (χ1) is 9.23. The number of nitrogens with zero attached hydrogens (tertiary/aromatic N) is 1. The van der Waals surface area contributed by atoms with Gasteiger partial charge in [0.2, 0.25) is 10.0 Å². The predicted molar refractivity (Wildman–Crippen MR) is 79.1 cm³/mol. The minimum atomic E-state index is -3.65. The number of rotatable bonds is 2. The maximum atomic E-state index is 12.6. The van der Waals surface area contributed by atoms with E-state index in [1.54, 1.807) is 6.92 Å². The summed E-state index contributed by atoms with van der Waals surface area (Å²) in [5.74, 6) is 0.110. The zero-order valence-electron chi connectivity index (χ0n) is 11.5. The van der Waals surface area contributed by atoms with E-state index >= 15 is 0 Å². The Hall–Kier alpha value is -0.820. The second-order valence-electron chi connectivity index (χ2n) is 5.34. The van der Waals surface area contributed by atoms with Gasteiger partial charge in [0.1, 0.15) is 0 Å². The molecule has 0 bridgehead atoms. The monoisotopic (exact) mass is 318 g/mol. The fourth-order valence-electron chi connectivity index (χ4n) is 2.30. The van der Waals surface area contributed by atoms with Crippen LogP contribution < -0.4 is 5.73 Å². The van der Waals surface area contributed by atoms with Crippen LogP contribution in [0.15, 0.2) is 17.0 Å². The van der Waals surface area contributed by atoms with Crippen molar-refractivity contribution in [2.45, 2.75) is 31.3 Å². The molecule has 0 aromatic heterocycles. The first-order valence-electron chi connectivity index (χ1n) is 6.47. The van der Waals surface area contributed by atoms with Gasteiger partial charge >= 0.3 is 0 Å². The van der Waals surface area contributed by atoms with Crippen molar-refractivity contribution in [2.24, 2.45) is 5.92 Å². The Labute approximate surface area is 124 Å². The van der Waals surface area contributed by atoms with Crippen LogP contribution >= 0.6 is 11.6 Å². The molecular weight excluding hydrogens is 300 g/mol. The summed E-state index contributed by atoms with van der Waals surface area (Å²) in [5.41, 5.74) is 6.60. The zero-order valence-corrected chi connectivity index (χ0v) is 13.1.